The molecule has 2 N–H and O–H groups in total. The maximum absolute atomic E-state index is 13.3. The lowest BCUT2D eigenvalue weighted by Gasteiger charge is -2.12. The first-order valence-corrected chi connectivity index (χ1v) is 8.81. The molecule has 0 bridgehead atoms. The summed E-state index contributed by atoms with van der Waals surface area (Å²) in [6.45, 7) is 5.47. The summed E-state index contributed by atoms with van der Waals surface area (Å²) in [6, 6.07) is 8.50. The molecule has 3 rings (SSSR count). The van der Waals surface area contributed by atoms with Crippen LogP contribution < -0.4 is 10.5 Å². The molecule has 146 valence electrons. The second-order valence-corrected chi connectivity index (χ2v) is 6.41. The number of halogens is 1. The highest BCUT2D eigenvalue weighted by Crippen LogP contribution is 2.38. The van der Waals surface area contributed by atoms with Crippen molar-refractivity contribution in [1.82, 2.24) is 0 Å². The third-order valence-electron chi connectivity index (χ3n) is 4.00. The summed E-state index contributed by atoms with van der Waals surface area (Å²) >= 11 is 0. The standard InChI is InChI=1S/C21H20FNO5/c1-4-26-21(25)18-14-9-17(27-11(2)3)15(20(23)24)10-16(14)28-19(18)12-5-7-13(22)8-6-12/h5-11H,4H2,1-3H3,(H2,23,24). The Morgan fingerprint density at radius 2 is 1.86 bits per heavy atom. The van der Waals surface area contributed by atoms with Crippen molar-refractivity contribution < 1.29 is 27.9 Å². The molecule has 1 aromatic heterocycles. The number of benzene rings is 2. The molecule has 1 heterocycles. The first-order valence-electron chi connectivity index (χ1n) is 8.81. The first-order chi connectivity index (χ1) is 13.3. The van der Waals surface area contributed by atoms with Gasteiger partial charge in [-0.1, -0.05) is 0 Å². The second kappa shape index (κ2) is 7.72. The highest BCUT2D eigenvalue weighted by Gasteiger charge is 2.26. The number of hydrogen-bond donors (Lipinski definition) is 1. The van der Waals surface area contributed by atoms with E-state index in [1.165, 1.54) is 36.4 Å². The Bertz CT molecular complexity index is 1040. The van der Waals surface area contributed by atoms with Crippen LogP contribution in [0, 0.1) is 5.82 Å². The van der Waals surface area contributed by atoms with Gasteiger partial charge in [-0.15, -0.1) is 0 Å². The number of amides is 1. The number of fused-ring (bicyclic) bond motifs is 1. The molecule has 0 saturated carbocycles. The second-order valence-electron chi connectivity index (χ2n) is 6.41. The quantitative estimate of drug-likeness (QED) is 0.639. The molecule has 2 aromatic carbocycles. The number of carbonyl (C=O) groups excluding carboxylic acids is 2. The van der Waals surface area contributed by atoms with Gasteiger partial charge in [0.2, 0.25) is 0 Å². The van der Waals surface area contributed by atoms with Gasteiger partial charge in [-0.05, 0) is 57.2 Å². The van der Waals surface area contributed by atoms with Crippen molar-refractivity contribution >= 4 is 22.8 Å². The molecule has 0 spiro atoms. The molecule has 6 nitrogen and oxygen atoms in total. The van der Waals surface area contributed by atoms with Gasteiger partial charge in [0.15, 0.2) is 0 Å². The van der Waals surface area contributed by atoms with Gasteiger partial charge >= 0.3 is 5.97 Å². The van der Waals surface area contributed by atoms with Gasteiger partial charge < -0.3 is 19.6 Å². The van der Waals surface area contributed by atoms with E-state index in [-0.39, 0.29) is 40.9 Å². The van der Waals surface area contributed by atoms with E-state index in [2.05, 4.69) is 0 Å². The molecule has 0 unspecified atom stereocenters. The molecule has 0 atom stereocenters. The van der Waals surface area contributed by atoms with E-state index in [0.717, 1.165) is 0 Å². The van der Waals surface area contributed by atoms with Gasteiger partial charge in [-0.25, -0.2) is 9.18 Å². The van der Waals surface area contributed by atoms with E-state index in [0.29, 0.717) is 10.9 Å². The maximum Gasteiger partial charge on any atom is 0.342 e. The lowest BCUT2D eigenvalue weighted by molar-refractivity contribution is 0.0528. The Morgan fingerprint density at radius 1 is 1.18 bits per heavy atom. The summed E-state index contributed by atoms with van der Waals surface area (Å²) < 4.78 is 30.0. The van der Waals surface area contributed by atoms with Crippen LogP contribution in [0.5, 0.6) is 5.75 Å². The number of hydrogen-bond acceptors (Lipinski definition) is 5. The summed E-state index contributed by atoms with van der Waals surface area (Å²) in [4.78, 5) is 24.5. The van der Waals surface area contributed by atoms with Gasteiger partial charge in [0, 0.05) is 10.9 Å². The molecule has 0 aliphatic rings. The van der Waals surface area contributed by atoms with Gasteiger partial charge in [0.25, 0.3) is 5.91 Å². The van der Waals surface area contributed by atoms with Gasteiger partial charge in [-0.3, -0.25) is 4.79 Å². The van der Waals surface area contributed by atoms with Gasteiger partial charge in [0.05, 0.1) is 18.3 Å². The van der Waals surface area contributed by atoms with Gasteiger partial charge in [-0.2, -0.15) is 0 Å². The highest BCUT2D eigenvalue weighted by molar-refractivity contribution is 6.11. The summed E-state index contributed by atoms with van der Waals surface area (Å²) in [6.07, 6.45) is -0.218. The Hall–Kier alpha value is -3.35. The predicted molar refractivity (Wildman–Crippen MR) is 102 cm³/mol. The zero-order valence-electron chi connectivity index (χ0n) is 15.7. The topological polar surface area (TPSA) is 91.8 Å². The fraction of sp³-hybridized carbons (Fsp3) is 0.238. The van der Waals surface area contributed by atoms with Crippen LogP contribution in [0.3, 0.4) is 0 Å². The van der Waals surface area contributed by atoms with E-state index in [9.17, 15) is 14.0 Å². The van der Waals surface area contributed by atoms with Crippen LogP contribution in [-0.2, 0) is 4.74 Å². The highest BCUT2D eigenvalue weighted by atomic mass is 19.1. The Morgan fingerprint density at radius 3 is 2.43 bits per heavy atom. The SMILES string of the molecule is CCOC(=O)c1c(-c2ccc(F)cc2)oc2cc(C(N)=O)c(OC(C)C)cc12. The smallest absolute Gasteiger partial charge is 0.342 e. The van der Waals surface area contributed by atoms with Crippen molar-refractivity contribution in [3.63, 3.8) is 0 Å². The van der Waals surface area contributed by atoms with Crippen LogP contribution >= 0.6 is 0 Å². The molecule has 28 heavy (non-hydrogen) atoms. The number of primary amides is 1. The molecule has 0 aliphatic heterocycles. The fourth-order valence-corrected chi connectivity index (χ4v) is 2.88. The number of nitrogens with two attached hydrogens (primary N) is 1. The normalized spacial score (nSPS) is 11.0. The molecule has 0 fully saturated rings. The molecule has 3 aromatic rings. The summed E-state index contributed by atoms with van der Waals surface area (Å²) in [5, 5.41) is 0.415. The monoisotopic (exact) mass is 385 g/mol. The lowest BCUT2D eigenvalue weighted by atomic mass is 10.0. The van der Waals surface area contributed by atoms with Crippen molar-refractivity contribution in [2.75, 3.05) is 6.61 Å². The average molecular weight is 385 g/mol. The number of carbonyl (C=O) groups is 2. The molecular formula is C21H20FNO5. The van der Waals surface area contributed by atoms with E-state index in [1.807, 2.05) is 0 Å². The zero-order chi connectivity index (χ0) is 20.4. The average Bonchev–Trinajstić information content (AvgIpc) is 2.99. The van der Waals surface area contributed by atoms with Gasteiger partial charge in [0.1, 0.15) is 28.5 Å². The molecule has 0 saturated heterocycles. The van der Waals surface area contributed by atoms with E-state index in [1.54, 1.807) is 20.8 Å². The predicted octanol–water partition coefficient (Wildman–Crippen LogP) is 4.30. The Kier molecular flexibility index (Phi) is 5.35. The third-order valence-corrected chi connectivity index (χ3v) is 4.00. The zero-order valence-corrected chi connectivity index (χ0v) is 15.7. The molecule has 0 aliphatic carbocycles. The maximum atomic E-state index is 13.3. The number of ether oxygens (including phenoxy) is 2. The molecule has 1 amide bonds. The van der Waals surface area contributed by atoms with Crippen LogP contribution in [0.15, 0.2) is 40.8 Å². The number of esters is 1. The largest absolute Gasteiger partial charge is 0.490 e. The first kappa shape index (κ1) is 19.4. The minimum Gasteiger partial charge on any atom is -0.490 e. The van der Waals surface area contributed by atoms with Crippen LogP contribution in [0.2, 0.25) is 0 Å². The minimum absolute atomic E-state index is 0.135. The fourth-order valence-electron chi connectivity index (χ4n) is 2.88. The summed E-state index contributed by atoms with van der Waals surface area (Å²) in [5.74, 6) is -1.24. The van der Waals surface area contributed by atoms with Crippen molar-refractivity contribution in [2.45, 2.75) is 26.9 Å². The Labute approximate surface area is 161 Å². The number of rotatable bonds is 6. The minimum atomic E-state index is -0.685. The van der Waals surface area contributed by atoms with E-state index < -0.39 is 17.7 Å². The van der Waals surface area contributed by atoms with Crippen molar-refractivity contribution in [3.8, 4) is 17.1 Å². The van der Waals surface area contributed by atoms with Crippen LogP contribution in [0.25, 0.3) is 22.3 Å². The summed E-state index contributed by atoms with van der Waals surface area (Å²) in [5.41, 5.74) is 6.54. The van der Waals surface area contributed by atoms with Crippen molar-refractivity contribution in [2.24, 2.45) is 5.73 Å². The molecule has 7 heteroatoms. The summed E-state index contributed by atoms with van der Waals surface area (Å²) in [7, 11) is 0. The van der Waals surface area contributed by atoms with E-state index in [4.69, 9.17) is 19.6 Å². The molecular weight excluding hydrogens is 365 g/mol. The van der Waals surface area contributed by atoms with Crippen molar-refractivity contribution in [3.05, 3.63) is 53.3 Å². The lowest BCUT2D eigenvalue weighted by Crippen LogP contribution is -2.15. The number of furan rings is 1. The molecule has 0 radical (unpaired) electrons. The van der Waals surface area contributed by atoms with Crippen LogP contribution in [-0.4, -0.2) is 24.6 Å². The van der Waals surface area contributed by atoms with Crippen molar-refractivity contribution in [1.29, 1.82) is 0 Å². The van der Waals surface area contributed by atoms with Crippen LogP contribution in [0.1, 0.15) is 41.5 Å². The Balaban J connectivity index is 2.30. The van der Waals surface area contributed by atoms with Crippen LogP contribution in [0.4, 0.5) is 4.39 Å². The third kappa shape index (κ3) is 3.69. The van der Waals surface area contributed by atoms with E-state index >= 15 is 0 Å².